The van der Waals surface area contributed by atoms with E-state index in [0.29, 0.717) is 11.9 Å². The van der Waals surface area contributed by atoms with Crippen molar-refractivity contribution < 1.29 is 0 Å². The normalized spacial score (nSPS) is 19.3. The average Bonchev–Trinajstić information content (AvgIpc) is 2.08. The molecule has 1 atom stereocenters. The topological polar surface area (TPSA) is 41.6 Å². The second kappa shape index (κ2) is 3.43. The highest BCUT2D eigenvalue weighted by molar-refractivity contribution is 5.92. The van der Waals surface area contributed by atoms with Crippen LogP contribution in [0.1, 0.15) is 20.3 Å². The van der Waals surface area contributed by atoms with Gasteiger partial charge in [0.1, 0.15) is 5.84 Å². The Hall–Kier alpha value is -1.25. The Kier molecular flexibility index (Phi) is 2.53. The molecule has 0 saturated carbocycles. The van der Waals surface area contributed by atoms with Crippen LogP contribution in [0.5, 0.6) is 0 Å². The van der Waals surface area contributed by atoms with Gasteiger partial charge in [-0.2, -0.15) is 5.10 Å². The monoisotopic (exact) mass is 165 g/mol. The Bertz CT molecular complexity index is 240. The molecule has 0 aromatic carbocycles. The standard InChI is InChI=1S/C9H15N3/c1-4-7(2)12-8(3)5-6-9(10)11-12/h5-7H,3-4H2,1-2H3,(H2,10,11)/t7-/m1/s1. The molecule has 1 aliphatic rings. The third-order valence-corrected chi connectivity index (χ3v) is 1.97. The molecule has 0 saturated heterocycles. The van der Waals surface area contributed by atoms with Crippen molar-refractivity contribution in [3.05, 3.63) is 24.4 Å². The largest absolute Gasteiger partial charge is 0.382 e. The Balaban J connectivity index is 2.77. The lowest BCUT2D eigenvalue weighted by atomic mass is 10.2. The first-order valence-corrected chi connectivity index (χ1v) is 4.15. The van der Waals surface area contributed by atoms with Crippen molar-refractivity contribution in [3.8, 4) is 0 Å². The molecule has 0 radical (unpaired) electrons. The van der Waals surface area contributed by atoms with Crippen molar-refractivity contribution >= 4 is 5.84 Å². The fourth-order valence-electron chi connectivity index (χ4n) is 1.03. The summed E-state index contributed by atoms with van der Waals surface area (Å²) in [4.78, 5) is 0. The SMILES string of the molecule is C=C1C=CC(N)=NN1[C@H](C)CC. The lowest BCUT2D eigenvalue weighted by Gasteiger charge is -2.27. The number of nitrogens with zero attached hydrogens (tertiary/aromatic N) is 2. The summed E-state index contributed by atoms with van der Waals surface area (Å²) >= 11 is 0. The number of amidine groups is 1. The molecule has 0 amide bonds. The Morgan fingerprint density at radius 1 is 1.67 bits per heavy atom. The van der Waals surface area contributed by atoms with Gasteiger partial charge >= 0.3 is 0 Å². The van der Waals surface area contributed by atoms with Crippen LogP contribution in [0.2, 0.25) is 0 Å². The van der Waals surface area contributed by atoms with E-state index in [4.69, 9.17) is 5.73 Å². The van der Waals surface area contributed by atoms with Crippen molar-refractivity contribution in [1.29, 1.82) is 0 Å². The first-order chi connectivity index (χ1) is 5.65. The second-order valence-corrected chi connectivity index (χ2v) is 2.95. The summed E-state index contributed by atoms with van der Waals surface area (Å²) in [5, 5.41) is 6.03. The molecule has 0 unspecified atom stereocenters. The van der Waals surface area contributed by atoms with E-state index >= 15 is 0 Å². The van der Waals surface area contributed by atoms with Crippen LogP contribution in [-0.2, 0) is 0 Å². The molecule has 2 N–H and O–H groups in total. The third-order valence-electron chi connectivity index (χ3n) is 1.97. The van der Waals surface area contributed by atoms with Gasteiger partial charge in [-0.25, -0.2) is 0 Å². The minimum Gasteiger partial charge on any atom is -0.382 e. The van der Waals surface area contributed by atoms with E-state index in [1.807, 2.05) is 11.1 Å². The van der Waals surface area contributed by atoms with Gasteiger partial charge in [-0.15, -0.1) is 0 Å². The molecular formula is C9H15N3. The van der Waals surface area contributed by atoms with Crippen LogP contribution in [0.15, 0.2) is 29.5 Å². The minimum absolute atomic E-state index is 0.362. The number of hydrogen-bond donors (Lipinski definition) is 1. The molecule has 0 aromatic heterocycles. The molecule has 0 aliphatic carbocycles. The first kappa shape index (κ1) is 8.84. The third kappa shape index (κ3) is 1.67. The molecule has 12 heavy (non-hydrogen) atoms. The van der Waals surface area contributed by atoms with Gasteiger partial charge in [0.25, 0.3) is 0 Å². The smallest absolute Gasteiger partial charge is 0.143 e. The van der Waals surface area contributed by atoms with Gasteiger partial charge in [0.15, 0.2) is 0 Å². The fourth-order valence-corrected chi connectivity index (χ4v) is 1.03. The number of hydrogen-bond acceptors (Lipinski definition) is 3. The lowest BCUT2D eigenvalue weighted by Crippen LogP contribution is -2.31. The summed E-state index contributed by atoms with van der Waals surface area (Å²) in [6, 6.07) is 0.362. The molecule has 0 spiro atoms. The highest BCUT2D eigenvalue weighted by atomic mass is 15.5. The van der Waals surface area contributed by atoms with Gasteiger partial charge in [0, 0.05) is 6.04 Å². The van der Waals surface area contributed by atoms with Crippen LogP contribution in [0.4, 0.5) is 0 Å². The summed E-state index contributed by atoms with van der Waals surface area (Å²) in [5.41, 5.74) is 6.46. The number of rotatable bonds is 2. The molecule has 0 fully saturated rings. The Morgan fingerprint density at radius 3 is 2.92 bits per heavy atom. The lowest BCUT2D eigenvalue weighted by molar-refractivity contribution is 0.281. The van der Waals surface area contributed by atoms with Crippen molar-refractivity contribution in [3.63, 3.8) is 0 Å². The van der Waals surface area contributed by atoms with E-state index in [2.05, 4.69) is 25.5 Å². The second-order valence-electron chi connectivity index (χ2n) is 2.95. The van der Waals surface area contributed by atoms with Crippen molar-refractivity contribution in [2.24, 2.45) is 10.8 Å². The van der Waals surface area contributed by atoms with E-state index in [1.165, 1.54) is 0 Å². The van der Waals surface area contributed by atoms with Crippen LogP contribution in [-0.4, -0.2) is 16.9 Å². The number of hydrazone groups is 1. The summed E-state index contributed by atoms with van der Waals surface area (Å²) in [6.07, 6.45) is 4.68. The predicted octanol–water partition coefficient (Wildman–Crippen LogP) is 1.44. The fraction of sp³-hybridized carbons (Fsp3) is 0.444. The highest BCUT2D eigenvalue weighted by Gasteiger charge is 2.14. The van der Waals surface area contributed by atoms with E-state index in [9.17, 15) is 0 Å². The average molecular weight is 165 g/mol. The minimum atomic E-state index is 0.362. The maximum atomic E-state index is 5.56. The van der Waals surface area contributed by atoms with Gasteiger partial charge in [0.05, 0.1) is 5.70 Å². The van der Waals surface area contributed by atoms with Crippen LogP contribution >= 0.6 is 0 Å². The molecule has 66 valence electrons. The molecule has 0 aromatic rings. The Labute approximate surface area is 73.2 Å². The van der Waals surface area contributed by atoms with Gasteiger partial charge in [-0.05, 0) is 25.5 Å². The Morgan fingerprint density at radius 2 is 2.33 bits per heavy atom. The van der Waals surface area contributed by atoms with Crippen LogP contribution < -0.4 is 5.73 Å². The summed E-state index contributed by atoms with van der Waals surface area (Å²) in [6.45, 7) is 8.09. The summed E-state index contributed by atoms with van der Waals surface area (Å²) < 4.78 is 0. The molecule has 1 aliphatic heterocycles. The van der Waals surface area contributed by atoms with Gasteiger partial charge in [0.2, 0.25) is 0 Å². The van der Waals surface area contributed by atoms with E-state index < -0.39 is 0 Å². The van der Waals surface area contributed by atoms with Crippen molar-refractivity contribution in [2.45, 2.75) is 26.3 Å². The van der Waals surface area contributed by atoms with Crippen LogP contribution in [0, 0.1) is 0 Å². The van der Waals surface area contributed by atoms with Crippen LogP contribution in [0.3, 0.4) is 0 Å². The van der Waals surface area contributed by atoms with E-state index in [0.717, 1.165) is 12.1 Å². The molecule has 3 nitrogen and oxygen atoms in total. The summed E-state index contributed by atoms with van der Waals surface area (Å²) in [5.74, 6) is 0.544. The molecule has 1 rings (SSSR count). The first-order valence-electron chi connectivity index (χ1n) is 4.15. The molecule has 3 heteroatoms. The van der Waals surface area contributed by atoms with E-state index in [1.54, 1.807) is 6.08 Å². The molecular weight excluding hydrogens is 150 g/mol. The van der Waals surface area contributed by atoms with Crippen molar-refractivity contribution in [2.75, 3.05) is 0 Å². The maximum absolute atomic E-state index is 5.56. The zero-order valence-corrected chi connectivity index (χ0v) is 7.62. The number of nitrogens with two attached hydrogens (primary N) is 1. The summed E-state index contributed by atoms with van der Waals surface area (Å²) in [7, 11) is 0. The highest BCUT2D eigenvalue weighted by Crippen LogP contribution is 2.15. The van der Waals surface area contributed by atoms with E-state index in [-0.39, 0.29) is 0 Å². The quantitative estimate of drug-likeness (QED) is 0.672. The predicted molar refractivity (Wildman–Crippen MR) is 51.5 cm³/mol. The van der Waals surface area contributed by atoms with Crippen LogP contribution in [0.25, 0.3) is 0 Å². The molecule has 1 heterocycles. The van der Waals surface area contributed by atoms with Gasteiger partial charge < -0.3 is 5.73 Å². The maximum Gasteiger partial charge on any atom is 0.143 e. The zero-order valence-electron chi connectivity index (χ0n) is 7.62. The molecule has 0 bridgehead atoms. The number of allylic oxidation sites excluding steroid dienone is 1. The van der Waals surface area contributed by atoms with Crippen molar-refractivity contribution in [1.82, 2.24) is 5.01 Å². The van der Waals surface area contributed by atoms with Gasteiger partial charge in [-0.1, -0.05) is 13.5 Å². The zero-order chi connectivity index (χ0) is 9.14. The van der Waals surface area contributed by atoms with Gasteiger partial charge in [-0.3, -0.25) is 5.01 Å².